The Bertz CT molecular complexity index is 442. The quantitative estimate of drug-likeness (QED) is 0.910. The van der Waals surface area contributed by atoms with E-state index in [-0.39, 0.29) is 5.41 Å². The second-order valence-electron chi connectivity index (χ2n) is 6.31. The summed E-state index contributed by atoms with van der Waals surface area (Å²) in [7, 11) is 1.74. The Balaban J connectivity index is 2.26. The van der Waals surface area contributed by atoms with Crippen LogP contribution in [-0.4, -0.2) is 26.7 Å². The number of ether oxygens (including phenoxy) is 1. The molecule has 1 aromatic carbocycles. The summed E-state index contributed by atoms with van der Waals surface area (Å²) >= 11 is 0. The molecule has 0 aromatic heterocycles. The molecule has 1 aliphatic heterocycles. The lowest BCUT2D eigenvalue weighted by Crippen LogP contribution is -2.48. The molecule has 3 nitrogen and oxygen atoms in total. The van der Waals surface area contributed by atoms with Crippen LogP contribution in [0.15, 0.2) is 18.2 Å². The number of aryl methyl sites for hydroxylation is 1. The topological polar surface area (TPSA) is 38.5 Å². The van der Waals surface area contributed by atoms with E-state index in [1.165, 1.54) is 11.3 Å². The summed E-state index contributed by atoms with van der Waals surface area (Å²) in [6.07, 6.45) is 1.15. The van der Waals surface area contributed by atoms with E-state index in [9.17, 15) is 0 Å². The maximum absolute atomic E-state index is 5.90. The molecule has 0 radical (unpaired) electrons. The van der Waals surface area contributed by atoms with E-state index in [0.29, 0.717) is 5.92 Å². The Morgan fingerprint density at radius 2 is 2.16 bits per heavy atom. The van der Waals surface area contributed by atoms with Crippen molar-refractivity contribution in [3.63, 3.8) is 0 Å². The highest BCUT2D eigenvalue weighted by atomic mass is 16.5. The smallest absolute Gasteiger partial charge is 0.142 e. The second kappa shape index (κ2) is 5.41. The van der Waals surface area contributed by atoms with E-state index in [1.54, 1.807) is 7.11 Å². The Kier molecular flexibility index (Phi) is 4.04. The Labute approximate surface area is 116 Å². The minimum Gasteiger partial charge on any atom is -0.495 e. The predicted octanol–water partition coefficient (Wildman–Crippen LogP) is 2.81. The van der Waals surface area contributed by atoms with Crippen molar-refractivity contribution in [2.24, 2.45) is 17.1 Å². The van der Waals surface area contributed by atoms with Gasteiger partial charge < -0.3 is 15.4 Å². The first-order chi connectivity index (χ1) is 8.97. The standard InChI is InChI=1S/C16H26N2O/c1-12-5-6-15(19-4)14(9-12)18-8-7-13(10-17)16(2,3)11-18/h5-6,9,13H,7-8,10-11,17H2,1-4H3. The van der Waals surface area contributed by atoms with Gasteiger partial charge in [-0.05, 0) is 48.9 Å². The highest BCUT2D eigenvalue weighted by molar-refractivity contribution is 5.60. The molecule has 1 atom stereocenters. The predicted molar refractivity (Wildman–Crippen MR) is 80.9 cm³/mol. The molecule has 1 aliphatic rings. The molecule has 0 aliphatic carbocycles. The van der Waals surface area contributed by atoms with Gasteiger partial charge in [0.25, 0.3) is 0 Å². The Morgan fingerprint density at radius 3 is 2.74 bits per heavy atom. The van der Waals surface area contributed by atoms with Crippen LogP contribution in [0.2, 0.25) is 0 Å². The number of hydrogen-bond acceptors (Lipinski definition) is 3. The fraction of sp³-hybridized carbons (Fsp3) is 0.625. The maximum atomic E-state index is 5.90. The molecule has 19 heavy (non-hydrogen) atoms. The van der Waals surface area contributed by atoms with Crippen LogP contribution in [0.4, 0.5) is 5.69 Å². The van der Waals surface area contributed by atoms with Gasteiger partial charge in [0.2, 0.25) is 0 Å². The van der Waals surface area contributed by atoms with Crippen molar-refractivity contribution in [1.82, 2.24) is 0 Å². The monoisotopic (exact) mass is 262 g/mol. The lowest BCUT2D eigenvalue weighted by molar-refractivity contribution is 0.182. The number of nitrogens with zero attached hydrogens (tertiary/aromatic N) is 1. The number of nitrogens with two attached hydrogens (primary N) is 1. The van der Waals surface area contributed by atoms with Crippen molar-refractivity contribution < 1.29 is 4.74 Å². The molecule has 1 unspecified atom stereocenters. The maximum Gasteiger partial charge on any atom is 0.142 e. The lowest BCUT2D eigenvalue weighted by atomic mass is 9.74. The van der Waals surface area contributed by atoms with Crippen molar-refractivity contribution in [2.45, 2.75) is 27.2 Å². The van der Waals surface area contributed by atoms with Crippen LogP contribution in [-0.2, 0) is 0 Å². The molecule has 0 bridgehead atoms. The number of rotatable bonds is 3. The molecule has 1 aromatic rings. The van der Waals surface area contributed by atoms with Crippen LogP contribution < -0.4 is 15.4 Å². The minimum atomic E-state index is 0.252. The summed E-state index contributed by atoms with van der Waals surface area (Å²) in [4.78, 5) is 2.44. The number of benzene rings is 1. The third kappa shape index (κ3) is 2.86. The van der Waals surface area contributed by atoms with Crippen LogP contribution >= 0.6 is 0 Å². The molecule has 1 saturated heterocycles. The summed E-state index contributed by atoms with van der Waals surface area (Å²) in [6.45, 7) is 9.64. The van der Waals surface area contributed by atoms with Crippen LogP contribution in [0.3, 0.4) is 0 Å². The number of anilines is 1. The summed E-state index contributed by atoms with van der Waals surface area (Å²) in [5, 5.41) is 0. The number of hydrogen-bond donors (Lipinski definition) is 1. The van der Waals surface area contributed by atoms with E-state index >= 15 is 0 Å². The van der Waals surface area contributed by atoms with Gasteiger partial charge >= 0.3 is 0 Å². The SMILES string of the molecule is COc1ccc(C)cc1N1CCC(CN)C(C)(C)C1. The van der Waals surface area contributed by atoms with Gasteiger partial charge in [-0.2, -0.15) is 0 Å². The van der Waals surface area contributed by atoms with Crippen molar-refractivity contribution >= 4 is 5.69 Å². The molecular weight excluding hydrogens is 236 g/mol. The van der Waals surface area contributed by atoms with Crippen LogP contribution in [0.1, 0.15) is 25.8 Å². The van der Waals surface area contributed by atoms with Gasteiger partial charge in [0.15, 0.2) is 0 Å². The average molecular weight is 262 g/mol. The fourth-order valence-corrected chi connectivity index (χ4v) is 3.09. The summed E-state index contributed by atoms with van der Waals surface area (Å²) in [6, 6.07) is 6.38. The molecule has 3 heteroatoms. The highest BCUT2D eigenvalue weighted by Crippen LogP contribution is 2.39. The number of piperidine rings is 1. The van der Waals surface area contributed by atoms with Gasteiger partial charge in [-0.25, -0.2) is 0 Å². The zero-order valence-corrected chi connectivity index (χ0v) is 12.6. The minimum absolute atomic E-state index is 0.252. The normalized spacial score (nSPS) is 22.4. The molecule has 2 N–H and O–H groups in total. The zero-order valence-electron chi connectivity index (χ0n) is 12.6. The molecule has 0 saturated carbocycles. The van der Waals surface area contributed by atoms with E-state index in [2.05, 4.69) is 43.9 Å². The Morgan fingerprint density at radius 1 is 1.42 bits per heavy atom. The molecule has 0 amide bonds. The van der Waals surface area contributed by atoms with Gasteiger partial charge in [-0.3, -0.25) is 0 Å². The number of methoxy groups -OCH3 is 1. The third-order valence-electron chi connectivity index (χ3n) is 4.41. The van der Waals surface area contributed by atoms with Crippen LogP contribution in [0.5, 0.6) is 5.75 Å². The van der Waals surface area contributed by atoms with E-state index in [0.717, 1.165) is 31.8 Å². The summed E-state index contributed by atoms with van der Waals surface area (Å²) < 4.78 is 5.51. The molecule has 1 heterocycles. The third-order valence-corrected chi connectivity index (χ3v) is 4.41. The summed E-state index contributed by atoms with van der Waals surface area (Å²) in [5.41, 5.74) is 8.64. The van der Waals surface area contributed by atoms with Crippen molar-refractivity contribution in [3.8, 4) is 5.75 Å². The van der Waals surface area contributed by atoms with Crippen molar-refractivity contribution in [3.05, 3.63) is 23.8 Å². The van der Waals surface area contributed by atoms with E-state index in [4.69, 9.17) is 10.5 Å². The largest absolute Gasteiger partial charge is 0.495 e. The Hall–Kier alpha value is -1.22. The zero-order chi connectivity index (χ0) is 14.0. The average Bonchev–Trinajstić information content (AvgIpc) is 2.37. The summed E-state index contributed by atoms with van der Waals surface area (Å²) in [5.74, 6) is 1.58. The molecular formula is C16H26N2O. The molecule has 106 valence electrons. The molecule has 1 fully saturated rings. The van der Waals surface area contributed by atoms with E-state index < -0.39 is 0 Å². The fourth-order valence-electron chi connectivity index (χ4n) is 3.09. The van der Waals surface area contributed by atoms with Crippen molar-refractivity contribution in [2.75, 3.05) is 31.6 Å². The van der Waals surface area contributed by atoms with Crippen LogP contribution in [0, 0.1) is 18.3 Å². The second-order valence-corrected chi connectivity index (χ2v) is 6.31. The van der Waals surface area contributed by atoms with Gasteiger partial charge in [0, 0.05) is 13.1 Å². The van der Waals surface area contributed by atoms with Crippen LogP contribution in [0.25, 0.3) is 0 Å². The van der Waals surface area contributed by atoms with Gasteiger partial charge in [-0.1, -0.05) is 19.9 Å². The first-order valence-electron chi connectivity index (χ1n) is 7.07. The molecule has 2 rings (SSSR count). The van der Waals surface area contributed by atoms with Gasteiger partial charge in [0.1, 0.15) is 5.75 Å². The first-order valence-corrected chi connectivity index (χ1v) is 7.07. The molecule has 0 spiro atoms. The van der Waals surface area contributed by atoms with Crippen molar-refractivity contribution in [1.29, 1.82) is 0 Å². The lowest BCUT2D eigenvalue weighted by Gasteiger charge is -2.45. The van der Waals surface area contributed by atoms with E-state index in [1.807, 2.05) is 0 Å². The van der Waals surface area contributed by atoms with Gasteiger partial charge in [-0.15, -0.1) is 0 Å². The first kappa shape index (κ1) is 14.2. The highest BCUT2D eigenvalue weighted by Gasteiger charge is 2.35. The van der Waals surface area contributed by atoms with Gasteiger partial charge in [0.05, 0.1) is 12.8 Å².